The van der Waals surface area contributed by atoms with Crippen molar-refractivity contribution in [1.82, 2.24) is 19.8 Å². The fourth-order valence-electron chi connectivity index (χ4n) is 1.91. The van der Waals surface area contributed by atoms with Crippen LogP contribution in [-0.2, 0) is 23.1 Å². The molecule has 1 N–H and O–H groups in total. The molecule has 2 heterocycles. The Morgan fingerprint density at radius 2 is 2.53 bits per heavy atom. The van der Waals surface area contributed by atoms with E-state index in [0.717, 1.165) is 18.9 Å². The number of carbonyl (C=O) groups excluding carboxylic acids is 1. The SMILES string of the molecule is CNC(=O)[C@H]1CN(Cc2nccn2C)CCO1. The lowest BCUT2D eigenvalue weighted by atomic mass is 10.2. The number of likely N-dealkylation sites (N-methyl/N-ethyl adjacent to an activating group) is 1. The zero-order valence-corrected chi connectivity index (χ0v) is 10.2. The third kappa shape index (κ3) is 2.83. The van der Waals surface area contributed by atoms with E-state index in [1.54, 1.807) is 13.2 Å². The van der Waals surface area contributed by atoms with Crippen LogP contribution < -0.4 is 5.32 Å². The Morgan fingerprint density at radius 3 is 3.18 bits per heavy atom. The summed E-state index contributed by atoms with van der Waals surface area (Å²) in [6.45, 7) is 2.79. The molecule has 1 saturated heterocycles. The van der Waals surface area contributed by atoms with Crippen LogP contribution in [-0.4, -0.2) is 53.2 Å². The number of aromatic nitrogens is 2. The first-order valence-corrected chi connectivity index (χ1v) is 5.72. The van der Waals surface area contributed by atoms with E-state index in [4.69, 9.17) is 4.74 Å². The predicted octanol–water partition coefficient (Wildman–Crippen LogP) is -0.633. The molecule has 1 aliphatic heterocycles. The van der Waals surface area contributed by atoms with Gasteiger partial charge in [-0.1, -0.05) is 0 Å². The molecule has 1 aliphatic rings. The normalized spacial score (nSPS) is 21.4. The van der Waals surface area contributed by atoms with Gasteiger partial charge < -0.3 is 14.6 Å². The van der Waals surface area contributed by atoms with Gasteiger partial charge in [0.05, 0.1) is 13.2 Å². The molecule has 2 rings (SSSR count). The second-order valence-electron chi connectivity index (χ2n) is 4.16. The van der Waals surface area contributed by atoms with Gasteiger partial charge >= 0.3 is 0 Å². The van der Waals surface area contributed by atoms with Crippen molar-refractivity contribution in [1.29, 1.82) is 0 Å². The van der Waals surface area contributed by atoms with Crippen molar-refractivity contribution < 1.29 is 9.53 Å². The summed E-state index contributed by atoms with van der Waals surface area (Å²) in [6.07, 6.45) is 3.34. The summed E-state index contributed by atoms with van der Waals surface area (Å²) < 4.78 is 7.42. The summed E-state index contributed by atoms with van der Waals surface area (Å²) in [6, 6.07) is 0. The molecular formula is C11H18N4O2. The highest BCUT2D eigenvalue weighted by Crippen LogP contribution is 2.09. The molecular weight excluding hydrogens is 220 g/mol. The smallest absolute Gasteiger partial charge is 0.250 e. The highest BCUT2D eigenvalue weighted by atomic mass is 16.5. The van der Waals surface area contributed by atoms with Gasteiger partial charge in [-0.25, -0.2) is 4.98 Å². The van der Waals surface area contributed by atoms with Crippen molar-refractivity contribution in [2.75, 3.05) is 26.7 Å². The molecule has 0 spiro atoms. The minimum Gasteiger partial charge on any atom is -0.366 e. The summed E-state index contributed by atoms with van der Waals surface area (Å²) in [7, 11) is 3.60. The minimum atomic E-state index is -0.367. The highest BCUT2D eigenvalue weighted by molar-refractivity contribution is 5.80. The molecule has 17 heavy (non-hydrogen) atoms. The molecule has 0 bridgehead atoms. The Bertz CT molecular complexity index is 391. The van der Waals surface area contributed by atoms with E-state index in [1.807, 2.05) is 17.8 Å². The average Bonchev–Trinajstić information content (AvgIpc) is 2.74. The third-order valence-corrected chi connectivity index (χ3v) is 2.98. The molecule has 1 fully saturated rings. The van der Waals surface area contributed by atoms with Gasteiger partial charge in [-0.2, -0.15) is 0 Å². The minimum absolute atomic E-state index is 0.0606. The summed E-state index contributed by atoms with van der Waals surface area (Å²) in [5.41, 5.74) is 0. The van der Waals surface area contributed by atoms with Crippen molar-refractivity contribution in [3.05, 3.63) is 18.2 Å². The summed E-state index contributed by atoms with van der Waals surface area (Å²) in [5, 5.41) is 2.61. The van der Waals surface area contributed by atoms with E-state index in [2.05, 4.69) is 15.2 Å². The van der Waals surface area contributed by atoms with Gasteiger partial charge in [-0.05, 0) is 0 Å². The van der Waals surface area contributed by atoms with E-state index in [1.165, 1.54) is 0 Å². The molecule has 1 aromatic rings. The first-order valence-electron chi connectivity index (χ1n) is 5.72. The Labute approximate surface area is 101 Å². The van der Waals surface area contributed by atoms with E-state index in [9.17, 15) is 4.79 Å². The van der Waals surface area contributed by atoms with Crippen LogP contribution in [0.15, 0.2) is 12.4 Å². The van der Waals surface area contributed by atoms with Crippen LogP contribution in [0.3, 0.4) is 0 Å². The van der Waals surface area contributed by atoms with Gasteiger partial charge in [0, 0.05) is 39.6 Å². The summed E-state index contributed by atoms with van der Waals surface area (Å²) >= 11 is 0. The van der Waals surface area contributed by atoms with Crippen molar-refractivity contribution in [2.24, 2.45) is 7.05 Å². The maximum atomic E-state index is 11.5. The summed E-state index contributed by atoms with van der Waals surface area (Å²) in [5.74, 6) is 0.942. The molecule has 1 amide bonds. The van der Waals surface area contributed by atoms with Crippen LogP contribution in [0.5, 0.6) is 0 Å². The van der Waals surface area contributed by atoms with Crippen molar-refractivity contribution in [3.8, 4) is 0 Å². The first-order chi connectivity index (χ1) is 8.20. The van der Waals surface area contributed by atoms with Crippen molar-refractivity contribution >= 4 is 5.91 Å². The number of nitrogens with zero attached hydrogens (tertiary/aromatic N) is 3. The Morgan fingerprint density at radius 1 is 1.71 bits per heavy atom. The van der Waals surface area contributed by atoms with Crippen LogP contribution in [0.4, 0.5) is 0 Å². The number of imidazole rings is 1. The number of morpholine rings is 1. The van der Waals surface area contributed by atoms with E-state index < -0.39 is 0 Å². The lowest BCUT2D eigenvalue weighted by Crippen LogP contribution is -2.48. The third-order valence-electron chi connectivity index (χ3n) is 2.98. The molecule has 0 aliphatic carbocycles. The maximum Gasteiger partial charge on any atom is 0.250 e. The van der Waals surface area contributed by atoms with Gasteiger partial charge in [0.25, 0.3) is 0 Å². The zero-order chi connectivity index (χ0) is 12.3. The van der Waals surface area contributed by atoms with E-state index in [0.29, 0.717) is 13.2 Å². The molecule has 94 valence electrons. The van der Waals surface area contributed by atoms with Gasteiger partial charge in [0.2, 0.25) is 5.91 Å². The number of amides is 1. The average molecular weight is 238 g/mol. The lowest BCUT2D eigenvalue weighted by molar-refractivity contribution is -0.138. The van der Waals surface area contributed by atoms with Gasteiger partial charge in [-0.3, -0.25) is 9.69 Å². The molecule has 6 heteroatoms. The Kier molecular flexibility index (Phi) is 3.75. The van der Waals surface area contributed by atoms with E-state index in [-0.39, 0.29) is 12.0 Å². The maximum absolute atomic E-state index is 11.5. The fraction of sp³-hybridized carbons (Fsp3) is 0.636. The number of rotatable bonds is 3. The second kappa shape index (κ2) is 5.29. The molecule has 0 radical (unpaired) electrons. The number of nitrogens with one attached hydrogen (secondary N) is 1. The first kappa shape index (κ1) is 12.1. The van der Waals surface area contributed by atoms with Gasteiger partial charge in [-0.15, -0.1) is 0 Å². The highest BCUT2D eigenvalue weighted by Gasteiger charge is 2.26. The second-order valence-corrected chi connectivity index (χ2v) is 4.16. The van der Waals surface area contributed by atoms with Gasteiger partial charge in [0.15, 0.2) is 0 Å². The standard InChI is InChI=1S/C11H18N4O2/c1-12-11(16)9-7-15(5-6-17-9)8-10-13-3-4-14(10)2/h3-4,9H,5-8H2,1-2H3,(H,12,16)/t9-/m1/s1. The molecule has 0 unspecified atom stereocenters. The summed E-state index contributed by atoms with van der Waals surface area (Å²) in [4.78, 5) is 18.0. The predicted molar refractivity (Wildman–Crippen MR) is 62.3 cm³/mol. The van der Waals surface area contributed by atoms with Crippen LogP contribution in [0.1, 0.15) is 5.82 Å². The molecule has 1 atom stereocenters. The Balaban J connectivity index is 1.94. The number of carbonyl (C=O) groups is 1. The van der Waals surface area contributed by atoms with Crippen LogP contribution in [0.25, 0.3) is 0 Å². The topological polar surface area (TPSA) is 59.4 Å². The van der Waals surface area contributed by atoms with Crippen LogP contribution in [0.2, 0.25) is 0 Å². The zero-order valence-electron chi connectivity index (χ0n) is 10.2. The van der Waals surface area contributed by atoms with E-state index >= 15 is 0 Å². The Hall–Kier alpha value is -1.40. The molecule has 1 aromatic heterocycles. The van der Waals surface area contributed by atoms with Gasteiger partial charge in [0.1, 0.15) is 11.9 Å². The monoisotopic (exact) mass is 238 g/mol. The number of hydrogen-bond donors (Lipinski definition) is 1. The quantitative estimate of drug-likeness (QED) is 0.761. The van der Waals surface area contributed by atoms with Crippen LogP contribution >= 0.6 is 0 Å². The number of ether oxygens (including phenoxy) is 1. The molecule has 0 aromatic carbocycles. The number of hydrogen-bond acceptors (Lipinski definition) is 4. The van der Waals surface area contributed by atoms with Crippen molar-refractivity contribution in [3.63, 3.8) is 0 Å². The fourth-order valence-corrected chi connectivity index (χ4v) is 1.91. The molecule has 6 nitrogen and oxygen atoms in total. The molecule has 0 saturated carbocycles. The lowest BCUT2D eigenvalue weighted by Gasteiger charge is -2.31. The van der Waals surface area contributed by atoms with Crippen molar-refractivity contribution in [2.45, 2.75) is 12.6 Å². The largest absolute Gasteiger partial charge is 0.366 e. The van der Waals surface area contributed by atoms with Crippen LogP contribution in [0, 0.1) is 0 Å². The number of aryl methyl sites for hydroxylation is 1.